The van der Waals surface area contributed by atoms with Gasteiger partial charge in [-0.25, -0.2) is 0 Å². The highest BCUT2D eigenvalue weighted by Crippen LogP contribution is 2.17. The average Bonchev–Trinajstić information content (AvgIpc) is 3.25. The zero-order chi connectivity index (χ0) is 17.1. The van der Waals surface area contributed by atoms with E-state index in [4.69, 9.17) is 9.26 Å². The molecule has 2 atom stereocenters. The van der Waals surface area contributed by atoms with Gasteiger partial charge in [0.15, 0.2) is 0 Å². The molecule has 24 heavy (non-hydrogen) atoms. The highest BCUT2D eigenvalue weighted by atomic mass is 16.5. The van der Waals surface area contributed by atoms with Gasteiger partial charge in [0.25, 0.3) is 5.91 Å². The Kier molecular flexibility index (Phi) is 5.15. The van der Waals surface area contributed by atoms with Crippen molar-refractivity contribution in [3.8, 4) is 0 Å². The van der Waals surface area contributed by atoms with Crippen LogP contribution >= 0.6 is 0 Å². The summed E-state index contributed by atoms with van der Waals surface area (Å²) in [4.78, 5) is 28.6. The number of aryl methyl sites for hydroxylation is 1. The molecule has 2 unspecified atom stereocenters. The second-order valence-corrected chi connectivity index (χ2v) is 6.36. The molecule has 0 spiro atoms. The standard InChI is InChI=1S/C16H24N4O4/c1-11-10-14(24-18-11)17-15(21)12(2)19-5-7-20(8-6-19)16(22)13-4-3-9-23-13/h10,12-13H,3-9H2,1-2H3,(H,17,21). The zero-order valence-electron chi connectivity index (χ0n) is 14.2. The van der Waals surface area contributed by atoms with Crippen molar-refractivity contribution in [1.29, 1.82) is 0 Å². The number of carbonyl (C=O) groups is 2. The minimum Gasteiger partial charge on any atom is -0.368 e. The van der Waals surface area contributed by atoms with Gasteiger partial charge in [-0.15, -0.1) is 0 Å². The van der Waals surface area contributed by atoms with Gasteiger partial charge in [-0.05, 0) is 26.7 Å². The maximum Gasteiger partial charge on any atom is 0.251 e. The topological polar surface area (TPSA) is 87.9 Å². The summed E-state index contributed by atoms with van der Waals surface area (Å²) in [5.74, 6) is 0.308. The minimum atomic E-state index is -0.296. The molecule has 2 aliphatic rings. The molecule has 0 radical (unpaired) electrons. The molecular formula is C16H24N4O4. The van der Waals surface area contributed by atoms with Crippen LogP contribution < -0.4 is 5.32 Å². The van der Waals surface area contributed by atoms with E-state index in [2.05, 4.69) is 15.4 Å². The second-order valence-electron chi connectivity index (χ2n) is 6.36. The SMILES string of the molecule is Cc1cc(NC(=O)C(C)N2CCN(C(=O)C3CCCO3)CC2)on1. The molecule has 2 fully saturated rings. The Morgan fingerprint density at radius 2 is 2.08 bits per heavy atom. The van der Waals surface area contributed by atoms with Gasteiger partial charge in [0.2, 0.25) is 11.8 Å². The molecule has 2 saturated heterocycles. The third kappa shape index (κ3) is 3.76. The molecule has 1 N–H and O–H groups in total. The highest BCUT2D eigenvalue weighted by molar-refractivity contribution is 5.93. The Labute approximate surface area is 141 Å². The number of amides is 2. The number of carbonyl (C=O) groups excluding carboxylic acids is 2. The van der Waals surface area contributed by atoms with Crippen LogP contribution in [0.15, 0.2) is 10.6 Å². The van der Waals surface area contributed by atoms with Crippen molar-refractivity contribution >= 4 is 17.7 Å². The third-order valence-electron chi connectivity index (χ3n) is 4.63. The fraction of sp³-hybridized carbons (Fsp3) is 0.688. The van der Waals surface area contributed by atoms with Gasteiger partial charge >= 0.3 is 0 Å². The first-order chi connectivity index (χ1) is 11.5. The van der Waals surface area contributed by atoms with E-state index in [1.54, 1.807) is 13.0 Å². The maximum atomic E-state index is 12.3. The fourth-order valence-corrected chi connectivity index (χ4v) is 3.12. The minimum absolute atomic E-state index is 0.0846. The molecule has 1 aromatic heterocycles. The van der Waals surface area contributed by atoms with Gasteiger partial charge in [0, 0.05) is 38.9 Å². The molecule has 8 nitrogen and oxygen atoms in total. The third-order valence-corrected chi connectivity index (χ3v) is 4.63. The van der Waals surface area contributed by atoms with Crippen molar-refractivity contribution in [1.82, 2.24) is 15.0 Å². The maximum absolute atomic E-state index is 12.3. The normalized spacial score (nSPS) is 23.2. The Bertz CT molecular complexity index is 589. The van der Waals surface area contributed by atoms with Crippen molar-refractivity contribution < 1.29 is 18.8 Å². The van der Waals surface area contributed by atoms with Gasteiger partial charge in [0.05, 0.1) is 11.7 Å². The number of hydrogen-bond acceptors (Lipinski definition) is 6. The van der Waals surface area contributed by atoms with Gasteiger partial charge in [-0.2, -0.15) is 0 Å². The van der Waals surface area contributed by atoms with E-state index in [1.165, 1.54) is 0 Å². The summed E-state index contributed by atoms with van der Waals surface area (Å²) in [5.41, 5.74) is 0.721. The monoisotopic (exact) mass is 336 g/mol. The molecule has 0 saturated carbocycles. The summed E-state index contributed by atoms with van der Waals surface area (Å²) >= 11 is 0. The molecular weight excluding hydrogens is 312 g/mol. The Hall–Kier alpha value is -1.93. The number of piperazine rings is 1. The average molecular weight is 336 g/mol. The first kappa shape index (κ1) is 16.9. The van der Waals surface area contributed by atoms with Crippen molar-refractivity contribution in [3.05, 3.63) is 11.8 Å². The summed E-state index contributed by atoms with van der Waals surface area (Å²) in [6.07, 6.45) is 1.50. The second kappa shape index (κ2) is 7.31. The Balaban J connectivity index is 1.48. The van der Waals surface area contributed by atoms with Crippen LogP contribution in [0.5, 0.6) is 0 Å². The number of anilines is 1. The molecule has 0 aliphatic carbocycles. The van der Waals surface area contributed by atoms with Gasteiger partial charge in [-0.1, -0.05) is 5.16 Å². The number of hydrogen-bond donors (Lipinski definition) is 1. The van der Waals surface area contributed by atoms with Crippen LogP contribution in [0.2, 0.25) is 0 Å². The van der Waals surface area contributed by atoms with E-state index < -0.39 is 0 Å². The van der Waals surface area contributed by atoms with Crippen molar-refractivity contribution in [2.45, 2.75) is 38.8 Å². The van der Waals surface area contributed by atoms with Crippen LogP contribution in [0, 0.1) is 6.92 Å². The smallest absolute Gasteiger partial charge is 0.251 e. The van der Waals surface area contributed by atoms with E-state index in [9.17, 15) is 9.59 Å². The number of rotatable bonds is 4. The van der Waals surface area contributed by atoms with Crippen LogP contribution in [0.3, 0.4) is 0 Å². The van der Waals surface area contributed by atoms with E-state index >= 15 is 0 Å². The van der Waals surface area contributed by atoms with E-state index in [0.29, 0.717) is 38.7 Å². The Morgan fingerprint density at radius 1 is 1.33 bits per heavy atom. The number of nitrogens with zero attached hydrogens (tertiary/aromatic N) is 3. The predicted molar refractivity (Wildman–Crippen MR) is 86.5 cm³/mol. The fourth-order valence-electron chi connectivity index (χ4n) is 3.12. The lowest BCUT2D eigenvalue weighted by Gasteiger charge is -2.38. The quantitative estimate of drug-likeness (QED) is 0.868. The van der Waals surface area contributed by atoms with Crippen LogP contribution in [0.4, 0.5) is 5.88 Å². The van der Waals surface area contributed by atoms with Crippen molar-refractivity contribution in [3.63, 3.8) is 0 Å². The van der Waals surface area contributed by atoms with Crippen LogP contribution in [0.25, 0.3) is 0 Å². The summed E-state index contributed by atoms with van der Waals surface area (Å²) in [5, 5.41) is 6.48. The van der Waals surface area contributed by atoms with E-state index in [-0.39, 0.29) is 24.0 Å². The van der Waals surface area contributed by atoms with Crippen molar-refractivity contribution in [2.24, 2.45) is 0 Å². The first-order valence-electron chi connectivity index (χ1n) is 8.43. The number of nitrogens with one attached hydrogen (secondary N) is 1. The van der Waals surface area contributed by atoms with Crippen LogP contribution in [0.1, 0.15) is 25.5 Å². The lowest BCUT2D eigenvalue weighted by atomic mass is 10.1. The summed E-state index contributed by atoms with van der Waals surface area (Å²) < 4.78 is 10.5. The largest absolute Gasteiger partial charge is 0.368 e. The molecule has 8 heteroatoms. The lowest BCUT2D eigenvalue weighted by Crippen LogP contribution is -2.55. The van der Waals surface area contributed by atoms with Gasteiger partial charge < -0.3 is 14.2 Å². The van der Waals surface area contributed by atoms with Crippen LogP contribution in [-0.4, -0.2) is 71.7 Å². The van der Waals surface area contributed by atoms with E-state index in [1.807, 2.05) is 11.8 Å². The van der Waals surface area contributed by atoms with Crippen molar-refractivity contribution in [2.75, 3.05) is 38.1 Å². The molecule has 2 aliphatic heterocycles. The zero-order valence-corrected chi connectivity index (χ0v) is 14.2. The predicted octanol–water partition coefficient (Wildman–Crippen LogP) is 0.633. The summed E-state index contributed by atoms with van der Waals surface area (Å²) in [6.45, 7) is 6.91. The summed E-state index contributed by atoms with van der Waals surface area (Å²) in [6, 6.07) is 1.39. The molecule has 1 aromatic rings. The molecule has 132 valence electrons. The van der Waals surface area contributed by atoms with E-state index in [0.717, 1.165) is 18.5 Å². The number of ether oxygens (including phenoxy) is 1. The molecule has 0 bridgehead atoms. The summed E-state index contributed by atoms with van der Waals surface area (Å²) in [7, 11) is 0. The molecule has 3 heterocycles. The number of aromatic nitrogens is 1. The first-order valence-corrected chi connectivity index (χ1v) is 8.43. The highest BCUT2D eigenvalue weighted by Gasteiger charge is 2.32. The lowest BCUT2D eigenvalue weighted by molar-refractivity contribution is -0.143. The van der Waals surface area contributed by atoms with Crippen LogP contribution in [-0.2, 0) is 14.3 Å². The molecule has 2 amide bonds. The van der Waals surface area contributed by atoms with Gasteiger partial charge in [-0.3, -0.25) is 19.8 Å². The molecule has 3 rings (SSSR count). The molecule has 0 aromatic carbocycles. The Morgan fingerprint density at radius 3 is 2.67 bits per heavy atom. The van der Waals surface area contributed by atoms with Gasteiger partial charge in [0.1, 0.15) is 6.10 Å².